The van der Waals surface area contributed by atoms with Crippen molar-refractivity contribution in [2.45, 2.75) is 33.4 Å². The molecule has 0 aliphatic carbocycles. The minimum Gasteiger partial charge on any atom is -0.490 e. The van der Waals surface area contributed by atoms with Gasteiger partial charge in [0.05, 0.1) is 6.61 Å². The summed E-state index contributed by atoms with van der Waals surface area (Å²) < 4.78 is 11.2. The molecule has 0 fully saturated rings. The summed E-state index contributed by atoms with van der Waals surface area (Å²) in [7, 11) is 1.59. The Kier molecular flexibility index (Phi) is 6.87. The van der Waals surface area contributed by atoms with Gasteiger partial charge in [0, 0.05) is 13.6 Å². The van der Waals surface area contributed by atoms with Crippen LogP contribution in [0.4, 0.5) is 0 Å². The van der Waals surface area contributed by atoms with Crippen molar-refractivity contribution in [1.82, 2.24) is 10.6 Å². The van der Waals surface area contributed by atoms with E-state index in [9.17, 15) is 4.79 Å². The highest BCUT2D eigenvalue weighted by Crippen LogP contribution is 2.29. The molecule has 1 aromatic rings. The number of hydrogen-bond acceptors (Lipinski definition) is 4. The number of likely N-dealkylation sites (N-methyl/N-ethyl adjacent to an activating group) is 1. The van der Waals surface area contributed by atoms with E-state index in [-0.39, 0.29) is 5.91 Å². The van der Waals surface area contributed by atoms with Gasteiger partial charge in [-0.05, 0) is 38.1 Å². The smallest absolute Gasteiger partial charge is 0.260 e. The predicted molar refractivity (Wildman–Crippen MR) is 79.1 cm³/mol. The van der Waals surface area contributed by atoms with Gasteiger partial charge >= 0.3 is 0 Å². The Morgan fingerprint density at radius 2 is 2.05 bits per heavy atom. The molecule has 5 nitrogen and oxygen atoms in total. The van der Waals surface area contributed by atoms with Gasteiger partial charge in [-0.1, -0.05) is 13.0 Å². The molecular formula is C15H24N2O3. The molecule has 2 N–H and O–H groups in total. The van der Waals surface area contributed by atoms with Gasteiger partial charge in [0.1, 0.15) is 0 Å². The number of amides is 1. The third-order valence-corrected chi connectivity index (χ3v) is 2.81. The molecule has 5 heteroatoms. The van der Waals surface area contributed by atoms with E-state index in [0.717, 1.165) is 18.7 Å². The molecular weight excluding hydrogens is 256 g/mol. The Balaban J connectivity index is 2.86. The number of rotatable bonds is 8. The normalized spacial score (nSPS) is 11.8. The summed E-state index contributed by atoms with van der Waals surface area (Å²) in [5.41, 5.74) is 1.12. The average Bonchev–Trinajstić information content (AvgIpc) is 2.46. The third-order valence-electron chi connectivity index (χ3n) is 2.81. The zero-order valence-corrected chi connectivity index (χ0v) is 12.7. The van der Waals surface area contributed by atoms with Crippen LogP contribution in [0.25, 0.3) is 0 Å². The van der Waals surface area contributed by atoms with Crippen molar-refractivity contribution in [3.8, 4) is 11.5 Å². The fraction of sp³-hybridized carbons (Fsp3) is 0.533. The highest BCUT2D eigenvalue weighted by molar-refractivity contribution is 5.80. The molecule has 1 aromatic carbocycles. The SMILES string of the molecule is CCNCc1ccc(OC(C)C(=O)NC)c(OCC)c1. The number of hydrogen-bond donors (Lipinski definition) is 2. The lowest BCUT2D eigenvalue weighted by Crippen LogP contribution is -2.33. The molecule has 0 bridgehead atoms. The second-order valence-corrected chi connectivity index (χ2v) is 4.37. The van der Waals surface area contributed by atoms with Crippen molar-refractivity contribution in [2.75, 3.05) is 20.2 Å². The lowest BCUT2D eigenvalue weighted by molar-refractivity contribution is -0.126. The first-order valence-electron chi connectivity index (χ1n) is 6.97. The van der Waals surface area contributed by atoms with Crippen molar-refractivity contribution >= 4 is 5.91 Å². The Morgan fingerprint density at radius 3 is 2.65 bits per heavy atom. The predicted octanol–water partition coefficient (Wildman–Crippen LogP) is 1.71. The molecule has 0 aromatic heterocycles. The largest absolute Gasteiger partial charge is 0.490 e. The number of nitrogens with one attached hydrogen (secondary N) is 2. The quantitative estimate of drug-likeness (QED) is 0.761. The van der Waals surface area contributed by atoms with Crippen molar-refractivity contribution in [3.63, 3.8) is 0 Å². The molecule has 1 rings (SSSR count). The first-order valence-corrected chi connectivity index (χ1v) is 6.97. The maximum atomic E-state index is 11.5. The van der Waals surface area contributed by atoms with Crippen LogP contribution >= 0.6 is 0 Å². The van der Waals surface area contributed by atoms with Crippen LogP contribution in [0.5, 0.6) is 11.5 Å². The van der Waals surface area contributed by atoms with E-state index in [2.05, 4.69) is 17.6 Å². The van der Waals surface area contributed by atoms with E-state index in [1.807, 2.05) is 25.1 Å². The maximum Gasteiger partial charge on any atom is 0.260 e. The fourth-order valence-electron chi connectivity index (χ4n) is 1.74. The van der Waals surface area contributed by atoms with Gasteiger partial charge < -0.3 is 20.1 Å². The Morgan fingerprint density at radius 1 is 1.30 bits per heavy atom. The molecule has 0 saturated carbocycles. The third kappa shape index (κ3) is 4.74. The molecule has 1 unspecified atom stereocenters. The lowest BCUT2D eigenvalue weighted by Gasteiger charge is -2.17. The minimum absolute atomic E-state index is 0.163. The van der Waals surface area contributed by atoms with Crippen molar-refractivity contribution in [1.29, 1.82) is 0 Å². The van der Waals surface area contributed by atoms with Gasteiger partial charge in [-0.25, -0.2) is 0 Å². The van der Waals surface area contributed by atoms with E-state index in [4.69, 9.17) is 9.47 Å². The Labute approximate surface area is 120 Å². The van der Waals surface area contributed by atoms with Gasteiger partial charge in [-0.3, -0.25) is 4.79 Å². The summed E-state index contributed by atoms with van der Waals surface area (Å²) in [6, 6.07) is 5.76. The van der Waals surface area contributed by atoms with E-state index in [0.29, 0.717) is 18.1 Å². The van der Waals surface area contributed by atoms with Crippen LogP contribution in [-0.4, -0.2) is 32.2 Å². The van der Waals surface area contributed by atoms with Crippen molar-refractivity contribution in [2.24, 2.45) is 0 Å². The van der Waals surface area contributed by atoms with Crippen molar-refractivity contribution in [3.05, 3.63) is 23.8 Å². The average molecular weight is 280 g/mol. The standard InChI is InChI=1S/C15H24N2O3/c1-5-17-10-12-7-8-13(14(9-12)19-6-2)20-11(3)15(18)16-4/h7-9,11,17H,5-6,10H2,1-4H3,(H,16,18). The summed E-state index contributed by atoms with van der Waals surface area (Å²) in [4.78, 5) is 11.5. The van der Waals surface area contributed by atoms with Crippen LogP contribution in [0.15, 0.2) is 18.2 Å². The summed E-state index contributed by atoms with van der Waals surface area (Å²) in [5, 5.41) is 5.82. The van der Waals surface area contributed by atoms with Crippen LogP contribution < -0.4 is 20.1 Å². The van der Waals surface area contributed by atoms with Crippen LogP contribution in [-0.2, 0) is 11.3 Å². The fourth-order valence-corrected chi connectivity index (χ4v) is 1.74. The molecule has 0 saturated heterocycles. The van der Waals surface area contributed by atoms with Crippen LogP contribution in [0, 0.1) is 0 Å². The summed E-state index contributed by atoms with van der Waals surface area (Å²) in [6.45, 7) is 7.93. The second-order valence-electron chi connectivity index (χ2n) is 4.37. The molecule has 0 heterocycles. The minimum atomic E-state index is -0.557. The van der Waals surface area contributed by atoms with Gasteiger partial charge in [0.15, 0.2) is 17.6 Å². The zero-order valence-electron chi connectivity index (χ0n) is 12.7. The topological polar surface area (TPSA) is 59.6 Å². The summed E-state index contributed by atoms with van der Waals surface area (Å²) in [6.07, 6.45) is -0.557. The Hall–Kier alpha value is -1.75. The summed E-state index contributed by atoms with van der Waals surface area (Å²) in [5.74, 6) is 1.09. The molecule has 1 amide bonds. The molecule has 0 aliphatic heterocycles. The zero-order chi connectivity index (χ0) is 15.0. The molecule has 0 spiro atoms. The highest BCUT2D eigenvalue weighted by atomic mass is 16.5. The van der Waals surface area contributed by atoms with E-state index in [1.165, 1.54) is 0 Å². The van der Waals surface area contributed by atoms with Gasteiger partial charge in [0.2, 0.25) is 0 Å². The van der Waals surface area contributed by atoms with Crippen LogP contribution in [0.2, 0.25) is 0 Å². The lowest BCUT2D eigenvalue weighted by atomic mass is 10.2. The molecule has 112 valence electrons. The van der Waals surface area contributed by atoms with Crippen LogP contribution in [0.1, 0.15) is 26.3 Å². The molecule has 1 atom stereocenters. The number of ether oxygens (including phenoxy) is 2. The van der Waals surface area contributed by atoms with Gasteiger partial charge in [0.25, 0.3) is 5.91 Å². The molecule has 0 radical (unpaired) electrons. The summed E-state index contributed by atoms with van der Waals surface area (Å²) >= 11 is 0. The number of benzene rings is 1. The first kappa shape index (κ1) is 16.3. The number of carbonyl (C=O) groups excluding carboxylic acids is 1. The van der Waals surface area contributed by atoms with E-state index >= 15 is 0 Å². The first-order chi connectivity index (χ1) is 9.62. The molecule has 0 aliphatic rings. The second kappa shape index (κ2) is 8.43. The van der Waals surface area contributed by atoms with Crippen molar-refractivity contribution < 1.29 is 14.3 Å². The number of carbonyl (C=O) groups is 1. The van der Waals surface area contributed by atoms with Crippen LogP contribution in [0.3, 0.4) is 0 Å². The molecule has 20 heavy (non-hydrogen) atoms. The highest BCUT2D eigenvalue weighted by Gasteiger charge is 2.15. The van der Waals surface area contributed by atoms with Gasteiger partial charge in [-0.2, -0.15) is 0 Å². The Bertz CT molecular complexity index is 435. The maximum absolute atomic E-state index is 11.5. The van der Waals surface area contributed by atoms with E-state index in [1.54, 1.807) is 14.0 Å². The van der Waals surface area contributed by atoms with Gasteiger partial charge in [-0.15, -0.1) is 0 Å². The van der Waals surface area contributed by atoms with E-state index < -0.39 is 6.10 Å². The monoisotopic (exact) mass is 280 g/mol.